The highest BCUT2D eigenvalue weighted by molar-refractivity contribution is 6.13. The fourth-order valence-electron chi connectivity index (χ4n) is 7.58. The summed E-state index contributed by atoms with van der Waals surface area (Å²) < 4.78 is 0. The SMILES string of the molecule is CCN(CCN1C(=O)C=CC1=O)c1ccc(N=Nc2ccc(NC(=O)[C@H](CCCCNC(=O)CN(C)c3ccc4cc(C(C)=O)ccc4c3)NC(=O)CCC[C@H](C[C@H](N)C(=O)O)C(=O)O)cc2)cc1. The first kappa shape index (κ1) is 52.2. The van der Waals surface area contributed by atoms with Gasteiger partial charge in [0.2, 0.25) is 17.7 Å². The molecule has 5 amide bonds. The van der Waals surface area contributed by atoms with E-state index in [-0.39, 0.29) is 68.7 Å². The number of likely N-dealkylation sites (N-methyl/N-ethyl adjacent to an activating group) is 2. The van der Waals surface area contributed by atoms with Gasteiger partial charge in [-0.05, 0) is 130 Å². The minimum atomic E-state index is -1.36. The van der Waals surface area contributed by atoms with Crippen LogP contribution in [0.4, 0.5) is 28.4 Å². The number of unbranched alkanes of at least 4 members (excludes halogenated alkanes) is 1. The first-order chi connectivity index (χ1) is 33.0. The number of hydrogen-bond donors (Lipinski definition) is 6. The lowest BCUT2D eigenvalue weighted by Crippen LogP contribution is -2.44. The van der Waals surface area contributed by atoms with Crippen LogP contribution < -0.4 is 31.5 Å². The number of nitrogens with zero attached hydrogens (tertiary/aromatic N) is 5. The quantitative estimate of drug-likeness (QED) is 0.0181. The maximum atomic E-state index is 13.6. The van der Waals surface area contributed by atoms with Gasteiger partial charge in [0.15, 0.2) is 5.78 Å². The van der Waals surface area contributed by atoms with Gasteiger partial charge in [-0.15, -0.1) is 0 Å². The molecule has 0 radical (unpaired) electrons. The second-order valence-electron chi connectivity index (χ2n) is 16.7. The van der Waals surface area contributed by atoms with Gasteiger partial charge in [0.25, 0.3) is 11.8 Å². The smallest absolute Gasteiger partial charge is 0.320 e. The standard InChI is InChI=1S/C50H59N9O10/c1-4-58(26-27-59-46(63)23-24-47(59)64)40-21-18-39(19-22-40)56-55-38-16-14-37(15-17-38)53-48(65)43(54-44(61)10-7-8-36(49(66)67)30-42(51)50(68)69)9-5-6-25-52-45(62)31-57(3)41-20-13-34-28-33(32(2)60)11-12-35(34)29-41/h11-24,28-29,36,42-43H,4-10,25-27,30-31,51H2,1-3H3,(H,52,62)(H,53,65)(H,54,61)(H,66,67)(H,68,69)/t36-,42+,43+/m1/s1. The highest BCUT2D eigenvalue weighted by atomic mass is 16.4. The largest absolute Gasteiger partial charge is 0.481 e. The van der Waals surface area contributed by atoms with Gasteiger partial charge in [0.05, 0.1) is 23.8 Å². The third kappa shape index (κ3) is 15.9. The molecule has 0 spiro atoms. The van der Waals surface area contributed by atoms with Crippen LogP contribution >= 0.6 is 0 Å². The van der Waals surface area contributed by atoms with Gasteiger partial charge in [-0.3, -0.25) is 43.3 Å². The van der Waals surface area contributed by atoms with Crippen LogP contribution in [0.1, 0.15) is 69.2 Å². The fourth-order valence-corrected chi connectivity index (χ4v) is 7.58. The van der Waals surface area contributed by atoms with Crippen molar-refractivity contribution in [2.24, 2.45) is 21.9 Å². The molecule has 0 saturated carbocycles. The predicted molar refractivity (Wildman–Crippen MR) is 261 cm³/mol. The van der Waals surface area contributed by atoms with E-state index in [9.17, 15) is 43.5 Å². The van der Waals surface area contributed by atoms with Crippen molar-refractivity contribution in [3.05, 3.63) is 103 Å². The van der Waals surface area contributed by atoms with Gasteiger partial charge in [-0.2, -0.15) is 10.2 Å². The number of amides is 5. The summed E-state index contributed by atoms with van der Waals surface area (Å²) in [5, 5.41) is 37.7. The molecule has 0 saturated heterocycles. The first-order valence-electron chi connectivity index (χ1n) is 22.8. The zero-order valence-electron chi connectivity index (χ0n) is 38.9. The maximum Gasteiger partial charge on any atom is 0.320 e. The average Bonchev–Trinajstić information content (AvgIpc) is 3.65. The van der Waals surface area contributed by atoms with Gasteiger partial charge < -0.3 is 41.7 Å². The number of carbonyl (C=O) groups is 8. The summed E-state index contributed by atoms with van der Waals surface area (Å²) in [5.41, 5.74) is 9.41. The van der Waals surface area contributed by atoms with Crippen molar-refractivity contribution in [2.45, 2.75) is 70.9 Å². The van der Waals surface area contributed by atoms with Gasteiger partial charge >= 0.3 is 11.9 Å². The molecule has 1 aliphatic heterocycles. The van der Waals surface area contributed by atoms with E-state index in [4.69, 9.17) is 10.8 Å². The van der Waals surface area contributed by atoms with Crippen molar-refractivity contribution in [3.8, 4) is 0 Å². The summed E-state index contributed by atoms with van der Waals surface area (Å²) in [4.78, 5) is 103. The molecule has 1 heterocycles. The number of carbonyl (C=O) groups excluding carboxylic acids is 6. The topological polar surface area (TPSA) is 274 Å². The minimum absolute atomic E-state index is 0.0100. The summed E-state index contributed by atoms with van der Waals surface area (Å²) in [5.74, 6) is -5.47. The Hall–Kier alpha value is -7.80. The number of fused-ring (bicyclic) bond motifs is 1. The zero-order valence-corrected chi connectivity index (χ0v) is 38.9. The van der Waals surface area contributed by atoms with Crippen molar-refractivity contribution < 1.29 is 48.6 Å². The summed E-state index contributed by atoms with van der Waals surface area (Å²) in [6.45, 7) is 5.28. The Morgan fingerprint density at radius 1 is 0.754 bits per heavy atom. The van der Waals surface area contributed by atoms with Crippen LogP contribution in [-0.2, 0) is 33.6 Å². The van der Waals surface area contributed by atoms with Crippen LogP contribution in [0.15, 0.2) is 107 Å². The second kappa shape index (κ2) is 25.4. The molecule has 7 N–H and O–H groups in total. The number of ketones is 1. The summed E-state index contributed by atoms with van der Waals surface area (Å²) in [6, 6.07) is 22.8. The Kier molecular flexibility index (Phi) is 19.2. The molecule has 4 aromatic rings. The summed E-state index contributed by atoms with van der Waals surface area (Å²) in [7, 11) is 1.80. The van der Waals surface area contributed by atoms with E-state index < -0.39 is 41.8 Å². The fraction of sp³-hybridized carbons (Fsp3) is 0.360. The molecule has 0 fully saturated rings. The monoisotopic (exact) mass is 945 g/mol. The average molecular weight is 946 g/mol. The molecule has 19 nitrogen and oxygen atoms in total. The molecule has 0 bridgehead atoms. The highest BCUT2D eigenvalue weighted by Gasteiger charge is 2.26. The van der Waals surface area contributed by atoms with Crippen molar-refractivity contribution in [1.82, 2.24) is 15.5 Å². The Balaban J connectivity index is 1.13. The number of carboxylic acid groups (broad SMARTS) is 2. The Morgan fingerprint density at radius 3 is 2.00 bits per heavy atom. The number of carboxylic acids is 2. The summed E-state index contributed by atoms with van der Waals surface area (Å²) in [6.07, 6.45) is 3.41. The number of imide groups is 1. The first-order valence-corrected chi connectivity index (χ1v) is 22.8. The van der Waals surface area contributed by atoms with E-state index in [1.165, 1.54) is 24.0 Å². The molecular weight excluding hydrogens is 887 g/mol. The van der Waals surface area contributed by atoms with Crippen molar-refractivity contribution >= 4 is 86.5 Å². The molecule has 364 valence electrons. The van der Waals surface area contributed by atoms with E-state index in [2.05, 4.69) is 26.2 Å². The second-order valence-corrected chi connectivity index (χ2v) is 16.7. The number of hydrogen-bond acceptors (Lipinski definition) is 13. The molecule has 69 heavy (non-hydrogen) atoms. The molecule has 4 aromatic carbocycles. The number of rotatable bonds is 27. The minimum Gasteiger partial charge on any atom is -0.481 e. The summed E-state index contributed by atoms with van der Waals surface area (Å²) >= 11 is 0. The van der Waals surface area contributed by atoms with Crippen LogP contribution in [0, 0.1) is 5.92 Å². The number of azo groups is 1. The number of Topliss-reactive ketones (excluding diaryl/α,β-unsaturated/α-hetero) is 1. The molecule has 0 aliphatic carbocycles. The van der Waals surface area contributed by atoms with Crippen molar-refractivity contribution in [2.75, 3.05) is 54.9 Å². The van der Waals surface area contributed by atoms with E-state index in [0.717, 1.165) is 22.1 Å². The predicted octanol–water partition coefficient (Wildman–Crippen LogP) is 5.73. The highest BCUT2D eigenvalue weighted by Crippen LogP contribution is 2.25. The van der Waals surface area contributed by atoms with E-state index in [1.54, 1.807) is 49.5 Å². The number of aliphatic carboxylic acids is 2. The Bertz CT molecular complexity index is 2550. The van der Waals surface area contributed by atoms with Crippen molar-refractivity contribution in [3.63, 3.8) is 0 Å². The third-order valence-electron chi connectivity index (χ3n) is 11.6. The molecule has 3 atom stereocenters. The molecule has 0 unspecified atom stereocenters. The lowest BCUT2D eigenvalue weighted by atomic mass is 9.94. The third-order valence-corrected chi connectivity index (χ3v) is 11.6. The molecular formula is C50H59N9O10. The molecule has 0 aromatic heterocycles. The van der Waals surface area contributed by atoms with E-state index in [0.29, 0.717) is 55.1 Å². The zero-order chi connectivity index (χ0) is 50.0. The van der Waals surface area contributed by atoms with Gasteiger partial charge in [-0.1, -0.05) is 18.2 Å². The van der Waals surface area contributed by atoms with E-state index >= 15 is 0 Å². The normalized spacial score (nSPS) is 13.5. The molecule has 1 aliphatic rings. The van der Waals surface area contributed by atoms with Crippen LogP contribution in [0.5, 0.6) is 0 Å². The van der Waals surface area contributed by atoms with Gasteiger partial charge in [0, 0.05) is 74.4 Å². The van der Waals surface area contributed by atoms with E-state index in [1.807, 2.05) is 59.2 Å². The van der Waals surface area contributed by atoms with Crippen molar-refractivity contribution in [1.29, 1.82) is 0 Å². The number of nitrogens with two attached hydrogens (primary N) is 1. The molecule has 5 rings (SSSR count). The number of benzene rings is 4. The van der Waals surface area contributed by atoms with Gasteiger partial charge in [0.1, 0.15) is 12.1 Å². The lowest BCUT2D eigenvalue weighted by Gasteiger charge is -2.25. The molecule has 19 heteroatoms. The maximum absolute atomic E-state index is 13.6. The Labute approximate surface area is 399 Å². The van der Waals surface area contributed by atoms with Crippen LogP contribution in [-0.4, -0.2) is 114 Å². The Morgan fingerprint density at radius 2 is 1.38 bits per heavy atom. The van der Waals surface area contributed by atoms with Crippen LogP contribution in [0.3, 0.4) is 0 Å². The number of nitrogens with one attached hydrogen (secondary N) is 3. The lowest BCUT2D eigenvalue weighted by molar-refractivity contribution is -0.144. The van der Waals surface area contributed by atoms with Crippen LogP contribution in [0.2, 0.25) is 0 Å². The van der Waals surface area contributed by atoms with Gasteiger partial charge in [-0.25, -0.2) is 0 Å². The van der Waals surface area contributed by atoms with Crippen LogP contribution in [0.25, 0.3) is 10.8 Å². The number of anilines is 3.